The molecule has 6 heteroatoms. The predicted molar refractivity (Wildman–Crippen MR) is 104 cm³/mol. The number of nitrogens with zero attached hydrogens (tertiary/aromatic N) is 1. The molecule has 0 spiro atoms. The highest BCUT2D eigenvalue weighted by molar-refractivity contribution is 5.99. The van der Waals surface area contributed by atoms with Gasteiger partial charge in [-0.15, -0.1) is 0 Å². The number of hydrogen-bond donors (Lipinski definition) is 2. The van der Waals surface area contributed by atoms with E-state index in [-0.39, 0.29) is 17.8 Å². The number of likely N-dealkylation sites (tertiary alicyclic amines) is 1. The maximum absolute atomic E-state index is 13.0. The second-order valence-electron chi connectivity index (χ2n) is 6.72. The average Bonchev–Trinajstić information content (AvgIpc) is 3.15. The Balaban J connectivity index is 1.61. The topological polar surface area (TPSA) is 61.4 Å². The Labute approximate surface area is 158 Å². The van der Waals surface area contributed by atoms with Crippen molar-refractivity contribution >= 4 is 23.3 Å². The third-order valence-electron chi connectivity index (χ3n) is 4.67. The lowest BCUT2D eigenvalue weighted by molar-refractivity contribution is -0.119. The zero-order chi connectivity index (χ0) is 19.2. The van der Waals surface area contributed by atoms with E-state index in [4.69, 9.17) is 0 Å². The van der Waals surface area contributed by atoms with Crippen molar-refractivity contribution in [2.75, 3.05) is 17.2 Å². The fourth-order valence-electron chi connectivity index (χ4n) is 3.28. The van der Waals surface area contributed by atoms with E-state index in [9.17, 15) is 14.0 Å². The zero-order valence-corrected chi connectivity index (χ0v) is 15.4. The molecule has 3 amide bonds. The zero-order valence-electron chi connectivity index (χ0n) is 15.4. The van der Waals surface area contributed by atoms with Gasteiger partial charge in [-0.3, -0.25) is 4.79 Å². The summed E-state index contributed by atoms with van der Waals surface area (Å²) < 4.78 is 13.0. The Morgan fingerprint density at radius 1 is 1.04 bits per heavy atom. The van der Waals surface area contributed by atoms with Crippen LogP contribution in [0.2, 0.25) is 0 Å². The molecule has 1 aliphatic heterocycles. The highest BCUT2D eigenvalue weighted by Gasteiger charge is 2.34. The molecule has 1 unspecified atom stereocenters. The molecule has 1 atom stereocenters. The monoisotopic (exact) mass is 369 g/mol. The van der Waals surface area contributed by atoms with Crippen LogP contribution in [0.3, 0.4) is 0 Å². The molecule has 1 saturated heterocycles. The van der Waals surface area contributed by atoms with Gasteiger partial charge in [0.1, 0.15) is 11.9 Å². The number of amides is 3. The summed E-state index contributed by atoms with van der Waals surface area (Å²) >= 11 is 0. The van der Waals surface area contributed by atoms with Crippen molar-refractivity contribution in [2.24, 2.45) is 0 Å². The molecule has 2 aromatic rings. The van der Waals surface area contributed by atoms with Gasteiger partial charge in [-0.2, -0.15) is 0 Å². The van der Waals surface area contributed by atoms with E-state index in [1.165, 1.54) is 34.7 Å². The molecule has 5 nitrogen and oxygen atoms in total. The van der Waals surface area contributed by atoms with Crippen molar-refractivity contribution in [3.63, 3.8) is 0 Å². The van der Waals surface area contributed by atoms with Crippen LogP contribution in [0.4, 0.5) is 20.6 Å². The molecule has 1 aliphatic rings. The first kappa shape index (κ1) is 18.9. The van der Waals surface area contributed by atoms with Crippen molar-refractivity contribution in [1.29, 1.82) is 0 Å². The molecule has 27 heavy (non-hydrogen) atoms. The summed E-state index contributed by atoms with van der Waals surface area (Å²) in [5, 5.41) is 5.62. The van der Waals surface area contributed by atoms with Crippen molar-refractivity contribution in [3.8, 4) is 0 Å². The quantitative estimate of drug-likeness (QED) is 0.820. The summed E-state index contributed by atoms with van der Waals surface area (Å²) in [6.07, 6.45) is 3.47. The molecule has 1 fully saturated rings. The van der Waals surface area contributed by atoms with Crippen LogP contribution in [0.5, 0.6) is 0 Å². The first-order valence-electron chi connectivity index (χ1n) is 9.30. The van der Waals surface area contributed by atoms with Crippen LogP contribution in [0, 0.1) is 5.82 Å². The Morgan fingerprint density at radius 2 is 1.67 bits per heavy atom. The lowest BCUT2D eigenvalue weighted by atomic mass is 10.1. The van der Waals surface area contributed by atoms with Gasteiger partial charge in [0.2, 0.25) is 5.91 Å². The third-order valence-corrected chi connectivity index (χ3v) is 4.67. The van der Waals surface area contributed by atoms with Gasteiger partial charge < -0.3 is 15.5 Å². The number of rotatable bonds is 5. The summed E-state index contributed by atoms with van der Waals surface area (Å²) in [6, 6.07) is 12.5. The Hall–Kier alpha value is -2.89. The minimum Gasteiger partial charge on any atom is -0.324 e. The lowest BCUT2D eigenvalue weighted by Gasteiger charge is -2.24. The van der Waals surface area contributed by atoms with Gasteiger partial charge in [-0.05, 0) is 61.2 Å². The lowest BCUT2D eigenvalue weighted by Crippen LogP contribution is -2.45. The van der Waals surface area contributed by atoms with E-state index in [1.54, 1.807) is 0 Å². The summed E-state index contributed by atoms with van der Waals surface area (Å²) in [6.45, 7) is 2.64. The average molecular weight is 369 g/mol. The Kier molecular flexibility index (Phi) is 6.06. The van der Waals surface area contributed by atoms with Gasteiger partial charge in [0.05, 0.1) is 0 Å². The minimum absolute atomic E-state index is 0.190. The van der Waals surface area contributed by atoms with Crippen LogP contribution < -0.4 is 10.6 Å². The number of anilines is 2. The van der Waals surface area contributed by atoms with E-state index in [1.807, 2.05) is 24.3 Å². The van der Waals surface area contributed by atoms with E-state index < -0.39 is 6.04 Å². The fraction of sp³-hybridized carbons (Fsp3) is 0.333. The Bertz CT molecular complexity index is 790. The van der Waals surface area contributed by atoms with Gasteiger partial charge in [0.25, 0.3) is 0 Å². The molecule has 3 rings (SSSR count). The number of benzene rings is 2. The van der Waals surface area contributed by atoms with Crippen molar-refractivity contribution in [1.82, 2.24) is 4.90 Å². The number of aryl methyl sites for hydroxylation is 1. The van der Waals surface area contributed by atoms with Crippen LogP contribution in [0.25, 0.3) is 0 Å². The maximum Gasteiger partial charge on any atom is 0.322 e. The van der Waals surface area contributed by atoms with Crippen molar-refractivity contribution in [3.05, 3.63) is 59.9 Å². The molecular formula is C21H24FN3O2. The number of halogens is 1. The van der Waals surface area contributed by atoms with E-state index >= 15 is 0 Å². The van der Waals surface area contributed by atoms with Gasteiger partial charge in [0, 0.05) is 17.9 Å². The molecule has 2 aromatic carbocycles. The molecule has 0 aromatic heterocycles. The first-order chi connectivity index (χ1) is 13.1. The molecule has 1 heterocycles. The molecule has 0 radical (unpaired) electrons. The van der Waals surface area contributed by atoms with Crippen molar-refractivity contribution in [2.45, 2.75) is 38.6 Å². The second kappa shape index (κ2) is 8.66. The number of urea groups is 1. The standard InChI is InChI=1S/C21H24FN3O2/c1-2-4-15-6-10-17(11-7-15)23-20(26)19-5-3-14-25(19)21(27)24-18-12-8-16(22)9-13-18/h6-13,19H,2-5,14H2,1H3,(H,23,26)(H,24,27). The largest absolute Gasteiger partial charge is 0.324 e. The molecule has 142 valence electrons. The normalized spacial score (nSPS) is 16.2. The Morgan fingerprint density at radius 3 is 2.33 bits per heavy atom. The van der Waals surface area contributed by atoms with Crippen LogP contribution in [-0.4, -0.2) is 29.4 Å². The van der Waals surface area contributed by atoms with Gasteiger partial charge >= 0.3 is 6.03 Å². The molecule has 0 aliphatic carbocycles. The van der Waals surface area contributed by atoms with Crippen LogP contribution in [0.15, 0.2) is 48.5 Å². The van der Waals surface area contributed by atoms with Crippen molar-refractivity contribution < 1.29 is 14.0 Å². The highest BCUT2D eigenvalue weighted by Crippen LogP contribution is 2.21. The summed E-state index contributed by atoms with van der Waals surface area (Å²) in [5.41, 5.74) is 2.46. The number of carbonyl (C=O) groups excluding carboxylic acids is 2. The summed E-state index contributed by atoms with van der Waals surface area (Å²) in [5.74, 6) is -0.554. The minimum atomic E-state index is -0.513. The molecule has 0 bridgehead atoms. The third kappa shape index (κ3) is 4.84. The SMILES string of the molecule is CCCc1ccc(NC(=O)C2CCCN2C(=O)Nc2ccc(F)cc2)cc1. The second-order valence-corrected chi connectivity index (χ2v) is 6.72. The first-order valence-corrected chi connectivity index (χ1v) is 9.30. The molecule has 0 saturated carbocycles. The van der Waals surface area contributed by atoms with E-state index in [2.05, 4.69) is 17.6 Å². The van der Waals surface area contributed by atoms with Crippen LogP contribution >= 0.6 is 0 Å². The predicted octanol–water partition coefficient (Wildman–Crippen LogP) is 4.41. The number of carbonyl (C=O) groups is 2. The summed E-state index contributed by atoms with van der Waals surface area (Å²) in [4.78, 5) is 26.7. The van der Waals surface area contributed by atoms with E-state index in [0.717, 1.165) is 24.9 Å². The van der Waals surface area contributed by atoms with Crippen LogP contribution in [-0.2, 0) is 11.2 Å². The van der Waals surface area contributed by atoms with Crippen LogP contribution in [0.1, 0.15) is 31.7 Å². The summed E-state index contributed by atoms with van der Waals surface area (Å²) in [7, 11) is 0. The smallest absolute Gasteiger partial charge is 0.322 e. The van der Waals surface area contributed by atoms with Gasteiger partial charge in [-0.25, -0.2) is 9.18 Å². The molecule has 2 N–H and O–H groups in total. The van der Waals surface area contributed by atoms with Gasteiger partial charge in [-0.1, -0.05) is 25.5 Å². The number of nitrogens with one attached hydrogen (secondary N) is 2. The van der Waals surface area contributed by atoms with Gasteiger partial charge in [0.15, 0.2) is 0 Å². The van der Waals surface area contributed by atoms with E-state index in [0.29, 0.717) is 18.7 Å². The highest BCUT2D eigenvalue weighted by atomic mass is 19.1. The molecular weight excluding hydrogens is 345 g/mol. The number of hydrogen-bond acceptors (Lipinski definition) is 2. The maximum atomic E-state index is 13.0. The fourth-order valence-corrected chi connectivity index (χ4v) is 3.28.